The highest BCUT2D eigenvalue weighted by molar-refractivity contribution is 6.18. The van der Waals surface area contributed by atoms with E-state index in [9.17, 15) is 9.59 Å². The average Bonchev–Trinajstić information content (AvgIpc) is 3.10. The SMILES string of the molecule is Cc1cccc(CNC(=O)Nc2cccc(C(=O)c3cn(C)c4ncnc(N)c34)c2)c1. The van der Waals surface area contributed by atoms with E-state index in [4.69, 9.17) is 5.73 Å². The van der Waals surface area contributed by atoms with Crippen molar-refractivity contribution in [2.75, 3.05) is 11.1 Å². The molecule has 2 aromatic heterocycles. The molecule has 2 heterocycles. The van der Waals surface area contributed by atoms with Gasteiger partial charge in [-0.15, -0.1) is 0 Å². The molecule has 0 atom stereocenters. The van der Waals surface area contributed by atoms with Gasteiger partial charge in [-0.3, -0.25) is 4.79 Å². The Kier molecular flexibility index (Phi) is 5.36. The second kappa shape index (κ2) is 8.27. The number of aromatic nitrogens is 3. The molecule has 0 spiro atoms. The van der Waals surface area contributed by atoms with Crippen molar-refractivity contribution >= 4 is 34.4 Å². The topological polar surface area (TPSA) is 115 Å². The first kappa shape index (κ1) is 20.1. The Morgan fingerprint density at radius 2 is 1.90 bits per heavy atom. The van der Waals surface area contributed by atoms with Crippen LogP contribution in [0.3, 0.4) is 0 Å². The van der Waals surface area contributed by atoms with Crippen molar-refractivity contribution in [1.82, 2.24) is 19.9 Å². The van der Waals surface area contributed by atoms with E-state index in [2.05, 4.69) is 20.6 Å². The Labute approximate surface area is 179 Å². The molecular weight excluding hydrogens is 392 g/mol. The number of carbonyl (C=O) groups excluding carboxylic acids is 2. The summed E-state index contributed by atoms with van der Waals surface area (Å²) in [6.07, 6.45) is 3.05. The summed E-state index contributed by atoms with van der Waals surface area (Å²) in [6.45, 7) is 2.41. The van der Waals surface area contributed by atoms with Crippen molar-refractivity contribution in [3.8, 4) is 0 Å². The van der Waals surface area contributed by atoms with Crippen LogP contribution in [0.4, 0.5) is 16.3 Å². The molecule has 0 saturated carbocycles. The number of hydrogen-bond acceptors (Lipinski definition) is 5. The Morgan fingerprint density at radius 3 is 2.71 bits per heavy atom. The molecule has 8 nitrogen and oxygen atoms in total. The number of aryl methyl sites for hydroxylation is 2. The summed E-state index contributed by atoms with van der Waals surface area (Å²) in [5, 5.41) is 6.11. The van der Waals surface area contributed by atoms with Crippen molar-refractivity contribution in [2.24, 2.45) is 7.05 Å². The van der Waals surface area contributed by atoms with E-state index in [0.717, 1.165) is 11.1 Å². The largest absolute Gasteiger partial charge is 0.383 e. The summed E-state index contributed by atoms with van der Waals surface area (Å²) in [4.78, 5) is 33.7. The molecule has 0 fully saturated rings. The van der Waals surface area contributed by atoms with Gasteiger partial charge in [-0.25, -0.2) is 14.8 Å². The number of urea groups is 1. The zero-order valence-electron chi connectivity index (χ0n) is 17.2. The van der Waals surface area contributed by atoms with E-state index in [1.807, 2.05) is 31.2 Å². The number of nitrogens with zero attached hydrogens (tertiary/aromatic N) is 3. The summed E-state index contributed by atoms with van der Waals surface area (Å²) in [5.41, 5.74) is 10.1. The number of carbonyl (C=O) groups is 2. The Morgan fingerprint density at radius 1 is 1.10 bits per heavy atom. The van der Waals surface area contributed by atoms with Crippen LogP contribution in [0.5, 0.6) is 0 Å². The van der Waals surface area contributed by atoms with Gasteiger partial charge < -0.3 is 20.9 Å². The number of rotatable bonds is 5. The first-order valence-corrected chi connectivity index (χ1v) is 9.73. The normalized spacial score (nSPS) is 10.8. The van der Waals surface area contributed by atoms with Crippen molar-refractivity contribution in [3.05, 3.63) is 83.3 Å². The third-order valence-electron chi connectivity index (χ3n) is 4.95. The molecule has 8 heteroatoms. The monoisotopic (exact) mass is 414 g/mol. The molecule has 2 aromatic carbocycles. The highest BCUT2D eigenvalue weighted by atomic mass is 16.2. The maximum Gasteiger partial charge on any atom is 0.319 e. The Bertz CT molecular complexity index is 1290. The number of nitrogen functional groups attached to an aromatic ring is 1. The predicted molar refractivity (Wildman–Crippen MR) is 120 cm³/mol. The number of nitrogens with one attached hydrogen (secondary N) is 2. The van der Waals surface area contributed by atoms with E-state index in [0.29, 0.717) is 34.4 Å². The van der Waals surface area contributed by atoms with Crippen molar-refractivity contribution in [2.45, 2.75) is 13.5 Å². The molecule has 31 heavy (non-hydrogen) atoms. The van der Waals surface area contributed by atoms with Gasteiger partial charge in [-0.05, 0) is 24.6 Å². The number of hydrogen-bond donors (Lipinski definition) is 3. The van der Waals surface area contributed by atoms with E-state index >= 15 is 0 Å². The second-order valence-corrected chi connectivity index (χ2v) is 7.32. The molecule has 0 aliphatic heterocycles. The van der Waals surface area contributed by atoms with Crippen LogP contribution < -0.4 is 16.4 Å². The fourth-order valence-electron chi connectivity index (χ4n) is 3.48. The van der Waals surface area contributed by atoms with Crippen LogP contribution in [-0.4, -0.2) is 26.3 Å². The second-order valence-electron chi connectivity index (χ2n) is 7.32. The van der Waals surface area contributed by atoms with Crippen molar-refractivity contribution in [1.29, 1.82) is 0 Å². The summed E-state index contributed by atoms with van der Waals surface area (Å²) in [5.74, 6) is 0.0228. The average molecular weight is 414 g/mol. The molecule has 0 aliphatic rings. The van der Waals surface area contributed by atoms with Gasteiger partial charge in [0, 0.05) is 31.0 Å². The zero-order valence-corrected chi connectivity index (χ0v) is 17.2. The summed E-state index contributed by atoms with van der Waals surface area (Å²) >= 11 is 0. The number of benzene rings is 2. The maximum atomic E-state index is 13.2. The molecule has 4 aromatic rings. The lowest BCUT2D eigenvalue weighted by molar-refractivity contribution is 0.104. The van der Waals surface area contributed by atoms with Gasteiger partial charge in [0.1, 0.15) is 17.8 Å². The van der Waals surface area contributed by atoms with E-state index in [1.165, 1.54) is 6.33 Å². The molecule has 4 N–H and O–H groups in total. The number of fused-ring (bicyclic) bond motifs is 1. The Balaban J connectivity index is 1.51. The smallest absolute Gasteiger partial charge is 0.319 e. The van der Waals surface area contributed by atoms with E-state index < -0.39 is 0 Å². The van der Waals surface area contributed by atoms with Gasteiger partial charge in [0.15, 0.2) is 5.78 Å². The third-order valence-corrected chi connectivity index (χ3v) is 4.95. The minimum absolute atomic E-state index is 0.226. The number of ketones is 1. The molecule has 0 saturated heterocycles. The minimum atomic E-state index is -0.353. The predicted octanol–water partition coefficient (Wildman–Crippen LogP) is 3.41. The first-order chi connectivity index (χ1) is 14.9. The van der Waals surface area contributed by atoms with Crippen LogP contribution >= 0.6 is 0 Å². The van der Waals surface area contributed by atoms with E-state index in [1.54, 1.807) is 42.1 Å². The van der Waals surface area contributed by atoms with Gasteiger partial charge in [-0.2, -0.15) is 0 Å². The van der Waals surface area contributed by atoms with Gasteiger partial charge >= 0.3 is 6.03 Å². The number of nitrogens with two attached hydrogens (primary N) is 1. The first-order valence-electron chi connectivity index (χ1n) is 9.73. The fraction of sp³-hybridized carbons (Fsp3) is 0.130. The molecule has 0 aliphatic carbocycles. The zero-order chi connectivity index (χ0) is 22.0. The molecule has 0 radical (unpaired) electrons. The van der Waals surface area contributed by atoms with Gasteiger partial charge in [0.25, 0.3) is 0 Å². The lowest BCUT2D eigenvalue weighted by atomic mass is 10.0. The Hall–Kier alpha value is -4.20. The molecule has 0 bridgehead atoms. The van der Waals surface area contributed by atoms with Crippen LogP contribution in [0.1, 0.15) is 27.0 Å². The quantitative estimate of drug-likeness (QED) is 0.433. The van der Waals surface area contributed by atoms with Crippen LogP contribution in [0.15, 0.2) is 61.1 Å². The van der Waals surface area contributed by atoms with Crippen LogP contribution in [0.2, 0.25) is 0 Å². The number of amides is 2. The third kappa shape index (κ3) is 4.23. The van der Waals surface area contributed by atoms with Crippen LogP contribution in [0.25, 0.3) is 11.0 Å². The lowest BCUT2D eigenvalue weighted by Crippen LogP contribution is -2.28. The number of anilines is 2. The van der Waals surface area contributed by atoms with Crippen molar-refractivity contribution in [3.63, 3.8) is 0 Å². The molecule has 156 valence electrons. The molecule has 4 rings (SSSR count). The van der Waals surface area contributed by atoms with Crippen molar-refractivity contribution < 1.29 is 9.59 Å². The standard InChI is InChI=1S/C23H22N6O2/c1-14-5-3-6-15(9-14)11-25-23(31)28-17-8-4-7-16(10-17)20(30)18-12-29(2)22-19(18)21(24)26-13-27-22/h3-10,12-13H,11H2,1-2H3,(H2,24,26,27)(H2,25,28,31). The summed E-state index contributed by atoms with van der Waals surface area (Å²) in [7, 11) is 1.79. The highest BCUT2D eigenvalue weighted by Crippen LogP contribution is 2.26. The maximum absolute atomic E-state index is 13.2. The highest BCUT2D eigenvalue weighted by Gasteiger charge is 2.19. The molecule has 2 amide bonds. The van der Waals surface area contributed by atoms with E-state index in [-0.39, 0.29) is 17.6 Å². The van der Waals surface area contributed by atoms with Gasteiger partial charge in [-0.1, -0.05) is 42.0 Å². The summed E-state index contributed by atoms with van der Waals surface area (Å²) < 4.78 is 1.74. The fourth-order valence-corrected chi connectivity index (χ4v) is 3.48. The van der Waals surface area contributed by atoms with Gasteiger partial charge in [0.05, 0.1) is 10.9 Å². The molecular formula is C23H22N6O2. The van der Waals surface area contributed by atoms with Gasteiger partial charge in [0.2, 0.25) is 0 Å². The lowest BCUT2D eigenvalue weighted by Gasteiger charge is -2.09. The minimum Gasteiger partial charge on any atom is -0.383 e. The molecule has 0 unspecified atom stereocenters. The van der Waals surface area contributed by atoms with Crippen LogP contribution in [0, 0.1) is 6.92 Å². The summed E-state index contributed by atoms with van der Waals surface area (Å²) in [6, 6.07) is 14.3. The van der Waals surface area contributed by atoms with Crippen LogP contribution in [-0.2, 0) is 13.6 Å².